The van der Waals surface area contributed by atoms with Crippen LogP contribution in [-0.2, 0) is 22.6 Å². The first-order chi connectivity index (χ1) is 15.6. The van der Waals surface area contributed by atoms with E-state index in [1.165, 1.54) is 11.3 Å². The first-order valence-corrected chi connectivity index (χ1v) is 11.6. The number of benzene rings is 2. The molecule has 2 aromatic carbocycles. The number of unbranched alkanes of at least 4 members (excludes halogenated alkanes) is 1. The Morgan fingerprint density at radius 2 is 1.78 bits per heavy atom. The zero-order valence-electron chi connectivity index (χ0n) is 18.2. The highest BCUT2D eigenvalue weighted by molar-refractivity contribution is 7.18. The molecule has 1 heterocycles. The summed E-state index contributed by atoms with van der Waals surface area (Å²) in [7, 11) is 0. The lowest BCUT2D eigenvalue weighted by atomic mass is 10.1. The van der Waals surface area contributed by atoms with Crippen LogP contribution in [0.5, 0.6) is 0 Å². The summed E-state index contributed by atoms with van der Waals surface area (Å²) < 4.78 is 0. The highest BCUT2D eigenvalue weighted by Gasteiger charge is 2.20. The lowest BCUT2D eigenvalue weighted by Gasteiger charge is -2.19. The van der Waals surface area contributed by atoms with Crippen molar-refractivity contribution in [2.45, 2.75) is 39.2 Å². The van der Waals surface area contributed by atoms with Crippen LogP contribution in [0.1, 0.15) is 37.3 Å². The number of aromatic nitrogens is 2. The smallest absolute Gasteiger partial charge is 0.304 e. The Hall–Kier alpha value is -3.10. The number of carbonyl (C=O) groups excluding carboxylic acids is 1. The quantitative estimate of drug-likeness (QED) is 0.401. The van der Waals surface area contributed by atoms with Gasteiger partial charge in [-0.1, -0.05) is 79.3 Å². The van der Waals surface area contributed by atoms with Gasteiger partial charge in [-0.15, -0.1) is 10.2 Å². The van der Waals surface area contributed by atoms with Gasteiger partial charge in [0.05, 0.1) is 12.8 Å². The summed E-state index contributed by atoms with van der Waals surface area (Å²) in [6, 6.07) is 17.7. The number of carbonyl (C=O) groups is 2. The summed E-state index contributed by atoms with van der Waals surface area (Å²) in [5.74, 6) is -0.787. The molecular formula is C24H28N4O3S. The standard InChI is InChI=1S/C24H28N4O3S/c1-2-3-15-28(21(29)16-18-7-5-4-6-8-18)24-27-26-23(32-24)20-11-9-19(10-12-20)17-25-14-13-22(30)31/h4-12,25H,2-3,13-17H2,1H3,(H,30,31). The zero-order chi connectivity index (χ0) is 22.8. The van der Waals surface area contributed by atoms with Crippen LogP contribution < -0.4 is 10.2 Å². The molecule has 2 N–H and O–H groups in total. The maximum absolute atomic E-state index is 13.0. The number of carboxylic acids is 1. The molecular weight excluding hydrogens is 424 g/mol. The van der Waals surface area contributed by atoms with E-state index >= 15 is 0 Å². The van der Waals surface area contributed by atoms with Gasteiger partial charge < -0.3 is 10.4 Å². The van der Waals surface area contributed by atoms with E-state index in [1.54, 1.807) is 4.90 Å². The number of amides is 1. The third-order valence-corrected chi connectivity index (χ3v) is 5.92. The molecule has 0 fully saturated rings. The monoisotopic (exact) mass is 452 g/mol. The minimum Gasteiger partial charge on any atom is -0.481 e. The van der Waals surface area contributed by atoms with Crippen molar-refractivity contribution in [2.75, 3.05) is 18.0 Å². The van der Waals surface area contributed by atoms with Gasteiger partial charge in [-0.25, -0.2) is 0 Å². The first-order valence-electron chi connectivity index (χ1n) is 10.8. The molecule has 0 aliphatic rings. The molecule has 32 heavy (non-hydrogen) atoms. The molecule has 0 aliphatic heterocycles. The number of aliphatic carboxylic acids is 1. The van der Waals surface area contributed by atoms with Gasteiger partial charge in [-0.3, -0.25) is 14.5 Å². The van der Waals surface area contributed by atoms with Gasteiger partial charge in [0, 0.05) is 25.2 Å². The van der Waals surface area contributed by atoms with E-state index in [4.69, 9.17) is 5.11 Å². The molecule has 7 nitrogen and oxygen atoms in total. The molecule has 3 rings (SSSR count). The Morgan fingerprint density at radius 3 is 2.47 bits per heavy atom. The van der Waals surface area contributed by atoms with Crippen LogP contribution in [-0.4, -0.2) is 40.3 Å². The highest BCUT2D eigenvalue weighted by atomic mass is 32.1. The Labute approximate surface area is 192 Å². The van der Waals surface area contributed by atoms with Crippen LogP contribution in [0.4, 0.5) is 5.13 Å². The van der Waals surface area contributed by atoms with Crippen molar-refractivity contribution in [1.29, 1.82) is 0 Å². The highest BCUT2D eigenvalue weighted by Crippen LogP contribution is 2.29. The van der Waals surface area contributed by atoms with Gasteiger partial charge in [-0.2, -0.15) is 0 Å². The fourth-order valence-electron chi connectivity index (χ4n) is 3.14. The summed E-state index contributed by atoms with van der Waals surface area (Å²) in [4.78, 5) is 25.3. The molecule has 1 aromatic heterocycles. The van der Waals surface area contributed by atoms with Crippen molar-refractivity contribution in [3.05, 3.63) is 65.7 Å². The summed E-state index contributed by atoms with van der Waals surface area (Å²) >= 11 is 1.42. The van der Waals surface area contributed by atoms with Crippen LogP contribution in [0, 0.1) is 0 Å². The molecule has 3 aromatic rings. The Morgan fingerprint density at radius 1 is 1.03 bits per heavy atom. The number of rotatable bonds is 12. The summed E-state index contributed by atoms with van der Waals surface area (Å²) in [5.41, 5.74) is 2.98. The number of hydrogen-bond donors (Lipinski definition) is 2. The number of anilines is 1. The number of carboxylic acid groups (broad SMARTS) is 1. The summed E-state index contributed by atoms with van der Waals surface area (Å²) in [6.07, 6.45) is 2.33. The van der Waals surface area contributed by atoms with E-state index < -0.39 is 5.97 Å². The Bertz CT molecular complexity index is 1010. The molecule has 1 amide bonds. The molecule has 0 saturated heterocycles. The lowest BCUT2D eigenvalue weighted by molar-refractivity contribution is -0.136. The van der Waals surface area contributed by atoms with Crippen molar-refractivity contribution in [3.63, 3.8) is 0 Å². The lowest BCUT2D eigenvalue weighted by Crippen LogP contribution is -2.33. The van der Waals surface area contributed by atoms with Crippen LogP contribution in [0.2, 0.25) is 0 Å². The van der Waals surface area contributed by atoms with E-state index in [0.717, 1.165) is 34.5 Å². The average Bonchev–Trinajstić information content (AvgIpc) is 3.28. The average molecular weight is 453 g/mol. The van der Waals surface area contributed by atoms with Gasteiger partial charge in [0.2, 0.25) is 11.0 Å². The number of nitrogens with one attached hydrogen (secondary N) is 1. The van der Waals surface area contributed by atoms with Crippen LogP contribution in [0.3, 0.4) is 0 Å². The van der Waals surface area contributed by atoms with Gasteiger partial charge in [0.15, 0.2) is 0 Å². The van der Waals surface area contributed by atoms with E-state index in [9.17, 15) is 9.59 Å². The largest absolute Gasteiger partial charge is 0.481 e. The number of nitrogens with zero attached hydrogens (tertiary/aromatic N) is 3. The molecule has 168 valence electrons. The zero-order valence-corrected chi connectivity index (χ0v) is 19.0. The van der Waals surface area contributed by atoms with Gasteiger partial charge >= 0.3 is 5.97 Å². The number of hydrogen-bond acceptors (Lipinski definition) is 6. The van der Waals surface area contributed by atoms with Crippen molar-refractivity contribution in [3.8, 4) is 10.6 Å². The molecule has 0 bridgehead atoms. The molecule has 0 atom stereocenters. The van der Waals surface area contributed by atoms with E-state index in [2.05, 4.69) is 22.4 Å². The normalized spacial score (nSPS) is 10.8. The molecule has 8 heteroatoms. The first kappa shape index (κ1) is 23.6. The second-order valence-electron chi connectivity index (χ2n) is 7.47. The van der Waals surface area contributed by atoms with Crippen molar-refractivity contribution in [2.24, 2.45) is 0 Å². The van der Waals surface area contributed by atoms with Gasteiger partial charge in [0.25, 0.3) is 0 Å². The second kappa shape index (κ2) is 12.1. The minimum absolute atomic E-state index is 0.0233. The van der Waals surface area contributed by atoms with Gasteiger partial charge in [0.1, 0.15) is 5.01 Å². The minimum atomic E-state index is -0.810. The van der Waals surface area contributed by atoms with Crippen molar-refractivity contribution >= 4 is 28.3 Å². The maximum atomic E-state index is 13.0. The van der Waals surface area contributed by atoms with Crippen LogP contribution >= 0.6 is 11.3 Å². The molecule has 0 radical (unpaired) electrons. The second-order valence-corrected chi connectivity index (χ2v) is 8.42. The van der Waals surface area contributed by atoms with Crippen LogP contribution in [0.15, 0.2) is 54.6 Å². The predicted octanol–water partition coefficient (Wildman–Crippen LogP) is 4.15. The van der Waals surface area contributed by atoms with Crippen molar-refractivity contribution < 1.29 is 14.7 Å². The molecule has 0 saturated carbocycles. The summed E-state index contributed by atoms with van der Waals surface area (Å²) in [6.45, 7) is 3.76. The van der Waals surface area contributed by atoms with Crippen molar-refractivity contribution in [1.82, 2.24) is 15.5 Å². The Balaban J connectivity index is 1.67. The fourth-order valence-corrected chi connectivity index (χ4v) is 4.04. The SMILES string of the molecule is CCCCN(C(=O)Cc1ccccc1)c1nnc(-c2ccc(CNCCC(=O)O)cc2)s1. The third-order valence-electron chi connectivity index (χ3n) is 4.93. The third kappa shape index (κ3) is 6.96. The van der Waals surface area contributed by atoms with E-state index in [0.29, 0.717) is 31.2 Å². The molecule has 0 unspecified atom stereocenters. The molecule has 0 aliphatic carbocycles. The maximum Gasteiger partial charge on any atom is 0.304 e. The van der Waals surface area contributed by atoms with E-state index in [1.807, 2.05) is 54.6 Å². The van der Waals surface area contributed by atoms with Crippen LogP contribution in [0.25, 0.3) is 10.6 Å². The van der Waals surface area contributed by atoms with Gasteiger partial charge in [-0.05, 0) is 17.5 Å². The van der Waals surface area contributed by atoms with E-state index in [-0.39, 0.29) is 12.3 Å². The summed E-state index contributed by atoms with van der Waals surface area (Å²) in [5, 5.41) is 21.8. The topological polar surface area (TPSA) is 95.4 Å². The Kier molecular flexibility index (Phi) is 8.89. The predicted molar refractivity (Wildman–Crippen MR) is 127 cm³/mol. The fraction of sp³-hybridized carbons (Fsp3) is 0.333. The molecule has 0 spiro atoms.